The lowest BCUT2D eigenvalue weighted by atomic mass is 9.92. The molecule has 1 aromatic heterocycles. The molecule has 1 amide bonds. The molecule has 0 unspecified atom stereocenters. The van der Waals surface area contributed by atoms with Crippen LogP contribution in [0.3, 0.4) is 0 Å². The van der Waals surface area contributed by atoms with E-state index in [0.717, 1.165) is 39.0 Å². The van der Waals surface area contributed by atoms with E-state index in [1.54, 1.807) is 26.1 Å². The lowest BCUT2D eigenvalue weighted by Crippen LogP contribution is -2.36. The number of anilines is 1. The van der Waals surface area contributed by atoms with Crippen LogP contribution in [0, 0.1) is 17.7 Å². The molecule has 2 saturated heterocycles. The Hall–Kier alpha value is -2.22. The van der Waals surface area contributed by atoms with Gasteiger partial charge in [0.15, 0.2) is 11.6 Å². The zero-order chi connectivity index (χ0) is 20.0. The van der Waals surface area contributed by atoms with Gasteiger partial charge in [-0.3, -0.25) is 9.59 Å². The van der Waals surface area contributed by atoms with Crippen molar-refractivity contribution in [3.8, 4) is 0 Å². The number of pyridine rings is 1. The predicted molar refractivity (Wildman–Crippen MR) is 98.8 cm³/mol. The van der Waals surface area contributed by atoms with Crippen LogP contribution in [0.15, 0.2) is 18.3 Å². The monoisotopic (exact) mass is 381 g/mol. The average molecular weight is 381 g/mol. The third-order valence-electron chi connectivity index (χ3n) is 5.09. The topological polar surface area (TPSA) is 94.0 Å². The number of likely N-dealkylation sites (tertiary alicyclic amines) is 1. The van der Waals surface area contributed by atoms with Crippen molar-refractivity contribution >= 4 is 18.2 Å². The maximum Gasteiger partial charge on any atom is 0.290 e. The minimum atomic E-state index is -0.963. The van der Waals surface area contributed by atoms with Crippen molar-refractivity contribution in [1.29, 1.82) is 0 Å². The van der Waals surface area contributed by atoms with Crippen molar-refractivity contribution in [2.24, 2.45) is 11.8 Å². The zero-order valence-electron chi connectivity index (χ0n) is 15.8. The van der Waals surface area contributed by atoms with Crippen molar-refractivity contribution in [2.45, 2.75) is 38.7 Å². The number of nitrogens with zero attached hydrogens (tertiary/aromatic N) is 3. The molecule has 2 aliphatic rings. The van der Waals surface area contributed by atoms with Gasteiger partial charge in [0, 0.05) is 32.4 Å². The number of fused-ring (bicyclic) bond motifs is 1. The Morgan fingerprint density at radius 3 is 2.37 bits per heavy atom. The Morgan fingerprint density at radius 2 is 1.89 bits per heavy atom. The standard InChI is InChI=1S/C18H26FN3O2.CH2O2/c1-18(2,24)10-16(23)22-11-13-5-8-21(9-6-14(13)12-22)17-15(19)4-3-7-20-17;2-1-3/h3-4,7,13-14,24H,5-6,8-12H2,1-2H3;1H,(H,2,3)/t13-,14+;. The highest BCUT2D eigenvalue weighted by Crippen LogP contribution is 2.33. The Morgan fingerprint density at radius 1 is 1.33 bits per heavy atom. The fourth-order valence-corrected chi connectivity index (χ4v) is 3.86. The highest BCUT2D eigenvalue weighted by molar-refractivity contribution is 5.77. The normalized spacial score (nSPS) is 22.4. The number of aliphatic hydroxyl groups is 1. The molecule has 0 aliphatic carbocycles. The summed E-state index contributed by atoms with van der Waals surface area (Å²) in [7, 11) is 0. The van der Waals surface area contributed by atoms with Crippen LogP contribution in [0.4, 0.5) is 10.2 Å². The SMILES string of the molecule is CC(C)(O)CC(=O)N1C[C@H]2CCN(c3ncccc3F)CC[C@H]2C1.O=CO. The van der Waals surface area contributed by atoms with Gasteiger partial charge in [-0.2, -0.15) is 0 Å². The fourth-order valence-electron chi connectivity index (χ4n) is 3.86. The van der Waals surface area contributed by atoms with E-state index < -0.39 is 5.60 Å². The third-order valence-corrected chi connectivity index (χ3v) is 5.09. The first-order chi connectivity index (χ1) is 12.7. The summed E-state index contributed by atoms with van der Waals surface area (Å²) in [5.41, 5.74) is -0.963. The van der Waals surface area contributed by atoms with Crippen LogP contribution in [0.25, 0.3) is 0 Å². The van der Waals surface area contributed by atoms with E-state index in [2.05, 4.69) is 4.98 Å². The summed E-state index contributed by atoms with van der Waals surface area (Å²) in [5, 5.41) is 16.7. The zero-order valence-corrected chi connectivity index (χ0v) is 15.8. The van der Waals surface area contributed by atoms with Crippen molar-refractivity contribution < 1.29 is 24.2 Å². The van der Waals surface area contributed by atoms with Gasteiger partial charge in [-0.1, -0.05) is 0 Å². The molecule has 0 spiro atoms. The Balaban J connectivity index is 0.000000817. The highest BCUT2D eigenvalue weighted by atomic mass is 19.1. The number of carbonyl (C=O) groups excluding carboxylic acids is 1. The number of rotatable bonds is 3. The number of hydrogen-bond acceptors (Lipinski definition) is 5. The van der Waals surface area contributed by atoms with E-state index in [-0.39, 0.29) is 24.6 Å². The number of carboxylic acid groups (broad SMARTS) is 1. The molecule has 2 atom stereocenters. The van der Waals surface area contributed by atoms with Gasteiger partial charge < -0.3 is 20.0 Å². The fraction of sp³-hybridized carbons (Fsp3) is 0.632. The molecule has 0 bridgehead atoms. The second kappa shape index (κ2) is 9.12. The van der Waals surface area contributed by atoms with E-state index >= 15 is 0 Å². The minimum absolute atomic E-state index is 0.0307. The summed E-state index contributed by atoms with van der Waals surface area (Å²) in [6, 6.07) is 3.06. The molecule has 0 radical (unpaired) electrons. The smallest absolute Gasteiger partial charge is 0.290 e. The molecule has 2 N–H and O–H groups in total. The maximum atomic E-state index is 13.9. The van der Waals surface area contributed by atoms with E-state index in [0.29, 0.717) is 17.7 Å². The second-order valence-corrected chi connectivity index (χ2v) is 7.79. The quantitative estimate of drug-likeness (QED) is 0.775. The largest absolute Gasteiger partial charge is 0.483 e. The molecule has 27 heavy (non-hydrogen) atoms. The molecular weight excluding hydrogens is 353 g/mol. The number of hydrogen-bond donors (Lipinski definition) is 2. The van der Waals surface area contributed by atoms with Gasteiger partial charge in [0.2, 0.25) is 5.91 Å². The van der Waals surface area contributed by atoms with Crippen molar-refractivity contribution in [3.05, 3.63) is 24.1 Å². The van der Waals surface area contributed by atoms with Crippen LogP contribution in [-0.2, 0) is 9.59 Å². The number of amides is 1. The third kappa shape index (κ3) is 5.89. The van der Waals surface area contributed by atoms with Gasteiger partial charge in [-0.05, 0) is 50.7 Å². The molecule has 2 aliphatic heterocycles. The van der Waals surface area contributed by atoms with Crippen LogP contribution >= 0.6 is 0 Å². The van der Waals surface area contributed by atoms with Gasteiger partial charge in [0.25, 0.3) is 6.47 Å². The van der Waals surface area contributed by atoms with E-state index in [1.807, 2.05) is 9.80 Å². The van der Waals surface area contributed by atoms with Gasteiger partial charge in [-0.15, -0.1) is 0 Å². The van der Waals surface area contributed by atoms with Gasteiger partial charge in [-0.25, -0.2) is 9.37 Å². The summed E-state index contributed by atoms with van der Waals surface area (Å²) < 4.78 is 13.9. The highest BCUT2D eigenvalue weighted by Gasteiger charge is 2.38. The molecule has 7 nitrogen and oxygen atoms in total. The predicted octanol–water partition coefficient (Wildman–Crippen LogP) is 1.76. The van der Waals surface area contributed by atoms with E-state index in [1.165, 1.54) is 6.07 Å². The maximum absolute atomic E-state index is 13.9. The Bertz CT molecular complexity index is 634. The molecule has 0 saturated carbocycles. The van der Waals surface area contributed by atoms with Crippen molar-refractivity contribution in [1.82, 2.24) is 9.88 Å². The van der Waals surface area contributed by atoms with Crippen molar-refractivity contribution in [2.75, 3.05) is 31.1 Å². The molecule has 8 heteroatoms. The number of halogens is 1. The Labute approximate surface area is 158 Å². The molecule has 150 valence electrons. The molecular formula is C19H28FN3O4. The molecule has 3 heterocycles. The second-order valence-electron chi connectivity index (χ2n) is 7.79. The molecule has 1 aromatic rings. The summed E-state index contributed by atoms with van der Waals surface area (Å²) in [6.07, 6.45) is 3.67. The van der Waals surface area contributed by atoms with Crippen LogP contribution in [0.1, 0.15) is 33.1 Å². The minimum Gasteiger partial charge on any atom is -0.483 e. The summed E-state index contributed by atoms with van der Waals surface area (Å²) in [4.78, 5) is 28.8. The van der Waals surface area contributed by atoms with Crippen LogP contribution in [-0.4, -0.2) is 64.3 Å². The van der Waals surface area contributed by atoms with Gasteiger partial charge in [0.1, 0.15) is 0 Å². The molecule has 3 rings (SSSR count). The van der Waals surface area contributed by atoms with Crippen LogP contribution in [0.5, 0.6) is 0 Å². The van der Waals surface area contributed by atoms with Crippen molar-refractivity contribution in [3.63, 3.8) is 0 Å². The lowest BCUT2D eigenvalue weighted by molar-refractivity contribution is -0.134. The van der Waals surface area contributed by atoms with E-state index in [9.17, 15) is 14.3 Å². The van der Waals surface area contributed by atoms with Gasteiger partial charge >= 0.3 is 0 Å². The van der Waals surface area contributed by atoms with Gasteiger partial charge in [0.05, 0.1) is 12.0 Å². The lowest BCUT2D eigenvalue weighted by Gasteiger charge is -2.24. The first-order valence-corrected chi connectivity index (χ1v) is 9.18. The molecule has 2 fully saturated rings. The van der Waals surface area contributed by atoms with Crippen LogP contribution < -0.4 is 4.90 Å². The summed E-state index contributed by atoms with van der Waals surface area (Å²) >= 11 is 0. The van der Waals surface area contributed by atoms with E-state index in [4.69, 9.17) is 9.90 Å². The number of carbonyl (C=O) groups is 2. The Kier molecular flexibility index (Phi) is 7.12. The average Bonchev–Trinajstić information content (AvgIpc) is 2.89. The summed E-state index contributed by atoms with van der Waals surface area (Å²) in [5.74, 6) is 1.10. The first-order valence-electron chi connectivity index (χ1n) is 9.18. The molecule has 0 aromatic carbocycles. The van der Waals surface area contributed by atoms with Crippen LogP contribution in [0.2, 0.25) is 0 Å². The summed E-state index contributed by atoms with van der Waals surface area (Å²) in [6.45, 7) is 6.11. The number of aromatic nitrogens is 1. The first kappa shape index (κ1) is 21.1.